The van der Waals surface area contributed by atoms with E-state index in [0.29, 0.717) is 21.7 Å². The van der Waals surface area contributed by atoms with Gasteiger partial charge in [-0.05, 0) is 60.7 Å². The van der Waals surface area contributed by atoms with Gasteiger partial charge in [0.1, 0.15) is 5.82 Å². The highest BCUT2D eigenvalue weighted by atomic mass is 35.5. The van der Waals surface area contributed by atoms with Crippen molar-refractivity contribution >= 4 is 52.1 Å². The van der Waals surface area contributed by atoms with Gasteiger partial charge in [-0.15, -0.1) is 5.10 Å². The first-order chi connectivity index (χ1) is 13.6. The van der Waals surface area contributed by atoms with Crippen molar-refractivity contribution in [2.24, 2.45) is 0 Å². The van der Waals surface area contributed by atoms with E-state index in [4.69, 9.17) is 27.6 Å². The second-order valence-electron chi connectivity index (χ2n) is 5.87. The number of anilines is 4. The van der Waals surface area contributed by atoms with E-state index in [1.54, 1.807) is 42.5 Å². The normalized spacial score (nSPS) is 10.6. The number of carbonyl (C=O) groups is 1. The van der Waals surface area contributed by atoms with Gasteiger partial charge in [0, 0.05) is 27.5 Å². The van der Waals surface area contributed by atoms with Crippen LogP contribution >= 0.6 is 23.2 Å². The molecule has 2 aromatic heterocycles. The first kappa shape index (κ1) is 18.2. The molecule has 4 aromatic rings. The van der Waals surface area contributed by atoms with Crippen LogP contribution in [0.1, 0.15) is 10.6 Å². The second-order valence-corrected chi connectivity index (χ2v) is 6.75. The predicted octanol–water partition coefficient (Wildman–Crippen LogP) is 5.96. The van der Waals surface area contributed by atoms with Crippen LogP contribution in [0.3, 0.4) is 0 Å². The Kier molecular flexibility index (Phi) is 5.06. The summed E-state index contributed by atoms with van der Waals surface area (Å²) in [5.41, 5.74) is 1.55. The van der Waals surface area contributed by atoms with Gasteiger partial charge in [-0.1, -0.05) is 23.2 Å². The fraction of sp³-hybridized carbons (Fsp3) is 0. The Bertz CT molecular complexity index is 1090. The highest BCUT2D eigenvalue weighted by Crippen LogP contribution is 2.25. The fourth-order valence-electron chi connectivity index (χ4n) is 2.55. The molecule has 0 saturated heterocycles. The Labute approximate surface area is 170 Å². The summed E-state index contributed by atoms with van der Waals surface area (Å²) in [6.45, 7) is 0. The topological polar surface area (TPSA) is 72.1 Å². The number of rotatable bonds is 5. The molecule has 2 N–H and O–H groups in total. The van der Waals surface area contributed by atoms with E-state index in [9.17, 15) is 4.79 Å². The van der Waals surface area contributed by atoms with E-state index >= 15 is 0 Å². The molecule has 8 heteroatoms. The molecule has 0 unspecified atom stereocenters. The molecule has 0 saturated carbocycles. The Morgan fingerprint density at radius 2 is 1.50 bits per heavy atom. The first-order valence-electron chi connectivity index (χ1n) is 8.32. The SMILES string of the molecule is O=C(c1ccco1)n1nc(Nc2ccc(Cl)cc2)cc1Nc1ccc(Cl)cc1. The standard InChI is InChI=1S/C20H14Cl2N4O2/c21-13-3-7-15(8-4-13)23-18-12-19(24-16-9-5-14(22)6-10-16)26(25-18)20(27)17-2-1-11-28-17/h1-12,24H,(H,23,25). The van der Waals surface area contributed by atoms with Gasteiger partial charge in [-0.3, -0.25) is 4.79 Å². The Morgan fingerprint density at radius 1 is 0.893 bits per heavy atom. The van der Waals surface area contributed by atoms with Gasteiger partial charge >= 0.3 is 5.91 Å². The molecule has 0 aliphatic carbocycles. The van der Waals surface area contributed by atoms with E-state index in [2.05, 4.69) is 15.7 Å². The number of nitrogens with zero attached hydrogens (tertiary/aromatic N) is 2. The molecule has 0 aliphatic heterocycles. The number of hydrogen-bond acceptors (Lipinski definition) is 5. The summed E-state index contributed by atoms with van der Waals surface area (Å²) >= 11 is 11.9. The van der Waals surface area contributed by atoms with Crippen molar-refractivity contribution in [2.45, 2.75) is 0 Å². The van der Waals surface area contributed by atoms with E-state index in [1.165, 1.54) is 10.9 Å². The van der Waals surface area contributed by atoms with Crippen LogP contribution in [0, 0.1) is 0 Å². The molecule has 0 fully saturated rings. The Morgan fingerprint density at radius 3 is 2.07 bits per heavy atom. The van der Waals surface area contributed by atoms with Crippen LogP contribution in [0.2, 0.25) is 10.0 Å². The molecule has 2 aromatic carbocycles. The maximum atomic E-state index is 12.8. The molecular formula is C20H14Cl2N4O2. The number of aromatic nitrogens is 2. The smallest absolute Gasteiger partial charge is 0.315 e. The van der Waals surface area contributed by atoms with Gasteiger partial charge in [0.25, 0.3) is 0 Å². The van der Waals surface area contributed by atoms with Crippen molar-refractivity contribution in [2.75, 3.05) is 10.6 Å². The summed E-state index contributed by atoms with van der Waals surface area (Å²) in [6.07, 6.45) is 1.44. The quantitative estimate of drug-likeness (QED) is 0.423. The zero-order valence-corrected chi connectivity index (χ0v) is 15.9. The van der Waals surface area contributed by atoms with Crippen molar-refractivity contribution in [3.8, 4) is 0 Å². The summed E-state index contributed by atoms with van der Waals surface area (Å²) in [5.74, 6) is 0.741. The van der Waals surface area contributed by atoms with Gasteiger partial charge in [0.2, 0.25) is 0 Å². The summed E-state index contributed by atoms with van der Waals surface area (Å²) in [4.78, 5) is 12.8. The third-order valence-corrected chi connectivity index (χ3v) is 4.37. The Balaban J connectivity index is 1.67. The van der Waals surface area contributed by atoms with Crippen molar-refractivity contribution in [1.82, 2.24) is 9.78 Å². The molecule has 2 heterocycles. The Hall–Kier alpha value is -3.22. The average Bonchev–Trinajstić information content (AvgIpc) is 3.35. The lowest BCUT2D eigenvalue weighted by Gasteiger charge is -2.07. The number of furan rings is 1. The maximum absolute atomic E-state index is 12.8. The van der Waals surface area contributed by atoms with Crippen LogP contribution in [0.5, 0.6) is 0 Å². The lowest BCUT2D eigenvalue weighted by molar-refractivity contribution is 0.0920. The third kappa shape index (κ3) is 4.03. The zero-order valence-electron chi connectivity index (χ0n) is 14.4. The number of hydrogen-bond donors (Lipinski definition) is 2. The zero-order chi connectivity index (χ0) is 19.5. The first-order valence-corrected chi connectivity index (χ1v) is 9.07. The summed E-state index contributed by atoms with van der Waals surface area (Å²) in [5, 5.41) is 12.0. The third-order valence-electron chi connectivity index (χ3n) is 3.87. The monoisotopic (exact) mass is 412 g/mol. The molecule has 0 spiro atoms. The highest BCUT2D eigenvalue weighted by molar-refractivity contribution is 6.30. The van der Waals surface area contributed by atoms with E-state index in [0.717, 1.165) is 11.4 Å². The summed E-state index contributed by atoms with van der Waals surface area (Å²) < 4.78 is 6.46. The van der Waals surface area contributed by atoms with Crippen LogP contribution in [-0.4, -0.2) is 15.7 Å². The molecule has 28 heavy (non-hydrogen) atoms. The molecule has 0 aliphatic rings. The van der Waals surface area contributed by atoms with E-state index < -0.39 is 5.91 Å². The number of nitrogens with one attached hydrogen (secondary N) is 2. The van der Waals surface area contributed by atoms with Gasteiger partial charge in [0.15, 0.2) is 11.6 Å². The molecule has 0 bridgehead atoms. The second kappa shape index (κ2) is 7.80. The minimum Gasteiger partial charge on any atom is -0.459 e. The van der Waals surface area contributed by atoms with Crippen molar-refractivity contribution in [3.05, 3.63) is 88.8 Å². The molecular weight excluding hydrogens is 399 g/mol. The van der Waals surface area contributed by atoms with Gasteiger partial charge in [-0.25, -0.2) is 0 Å². The van der Waals surface area contributed by atoms with Crippen molar-refractivity contribution in [1.29, 1.82) is 0 Å². The fourth-order valence-corrected chi connectivity index (χ4v) is 2.80. The minimum absolute atomic E-state index is 0.181. The van der Waals surface area contributed by atoms with Gasteiger partial charge in [-0.2, -0.15) is 4.68 Å². The van der Waals surface area contributed by atoms with Crippen LogP contribution in [0.15, 0.2) is 77.4 Å². The number of benzene rings is 2. The van der Waals surface area contributed by atoms with Crippen molar-refractivity contribution < 1.29 is 9.21 Å². The van der Waals surface area contributed by atoms with Crippen LogP contribution in [0.4, 0.5) is 23.0 Å². The lowest BCUT2D eigenvalue weighted by Crippen LogP contribution is -2.15. The summed E-state index contributed by atoms with van der Waals surface area (Å²) in [6, 6.07) is 19.3. The maximum Gasteiger partial charge on any atom is 0.315 e. The number of carbonyl (C=O) groups excluding carboxylic acids is 1. The lowest BCUT2D eigenvalue weighted by atomic mass is 10.3. The van der Waals surface area contributed by atoms with E-state index in [1.807, 2.05) is 24.3 Å². The summed E-state index contributed by atoms with van der Waals surface area (Å²) in [7, 11) is 0. The van der Waals surface area contributed by atoms with E-state index in [-0.39, 0.29) is 5.76 Å². The van der Waals surface area contributed by atoms with Gasteiger partial charge in [0.05, 0.1) is 6.26 Å². The van der Waals surface area contributed by atoms with Crippen LogP contribution < -0.4 is 10.6 Å². The predicted molar refractivity (Wildman–Crippen MR) is 110 cm³/mol. The molecule has 0 amide bonds. The highest BCUT2D eigenvalue weighted by Gasteiger charge is 2.19. The average molecular weight is 413 g/mol. The molecule has 0 atom stereocenters. The van der Waals surface area contributed by atoms with Crippen LogP contribution in [-0.2, 0) is 0 Å². The number of halogens is 2. The van der Waals surface area contributed by atoms with Gasteiger partial charge < -0.3 is 15.1 Å². The largest absolute Gasteiger partial charge is 0.459 e. The molecule has 0 radical (unpaired) electrons. The molecule has 140 valence electrons. The van der Waals surface area contributed by atoms with Crippen molar-refractivity contribution in [3.63, 3.8) is 0 Å². The molecule has 6 nitrogen and oxygen atoms in total. The minimum atomic E-state index is -0.398. The van der Waals surface area contributed by atoms with Crippen LogP contribution in [0.25, 0.3) is 0 Å². The molecule has 4 rings (SSSR count).